The molecule has 2 aliphatic rings. The monoisotopic (exact) mass is 368 g/mol. The summed E-state index contributed by atoms with van der Waals surface area (Å²) in [6, 6.07) is 7.12. The Labute approximate surface area is 157 Å². The Morgan fingerprint density at radius 1 is 0.864 bits per heavy atom. The molecule has 0 spiro atoms. The van der Waals surface area contributed by atoms with Crippen molar-refractivity contribution in [1.29, 1.82) is 0 Å². The van der Waals surface area contributed by atoms with Crippen LogP contribution < -0.4 is 4.74 Å². The van der Waals surface area contributed by atoms with Crippen molar-refractivity contribution >= 4 is 0 Å². The summed E-state index contributed by atoms with van der Waals surface area (Å²) in [5, 5.41) is 0. The molecule has 0 heterocycles. The van der Waals surface area contributed by atoms with Crippen molar-refractivity contribution in [2.45, 2.75) is 13.3 Å². The molecule has 22 heavy (non-hydrogen) atoms. The molecule has 0 aromatic heterocycles. The zero-order chi connectivity index (χ0) is 15.3. The van der Waals surface area contributed by atoms with E-state index in [1.807, 2.05) is 83.3 Å². The summed E-state index contributed by atoms with van der Waals surface area (Å²) in [5.41, 5.74) is 2.18. The first-order valence-electron chi connectivity index (χ1n) is 6.96. The summed E-state index contributed by atoms with van der Waals surface area (Å²) in [6.07, 6.45) is 20.7. The first-order chi connectivity index (χ1) is 10.3. The second-order valence-corrected chi connectivity index (χ2v) is 4.36. The van der Waals surface area contributed by atoms with Crippen LogP contribution in [0.15, 0.2) is 12.1 Å². The maximum atomic E-state index is 5.12. The quantitative estimate of drug-likeness (QED) is 0.709. The number of aryl methyl sites for hydroxylation is 1. The molecule has 3 rings (SSSR count). The van der Waals surface area contributed by atoms with Crippen molar-refractivity contribution in [3.8, 4) is 5.75 Å². The van der Waals surface area contributed by atoms with Crippen molar-refractivity contribution in [2.75, 3.05) is 7.11 Å². The Kier molecular flexibility index (Phi) is 14.4. The molecule has 112 valence electrons. The number of hydrogen-bond acceptors (Lipinski definition) is 1. The summed E-state index contributed by atoms with van der Waals surface area (Å²) >= 11 is 0. The fourth-order valence-corrected chi connectivity index (χ4v) is 1.66. The second-order valence-electron chi connectivity index (χ2n) is 4.36. The van der Waals surface area contributed by atoms with Gasteiger partial charge in [-0.15, -0.1) is 6.07 Å². The van der Waals surface area contributed by atoms with Crippen molar-refractivity contribution in [1.82, 2.24) is 0 Å². The van der Waals surface area contributed by atoms with Gasteiger partial charge < -0.3 is 11.7 Å². The SMILES string of the molecule is [CH2-]Cc1[c-]c(C)ccc1OC.[CH]1[CH][CH][CH][CH]1.[CH]1[CH][CH][CH][CH]1.[Zr+2]. The standard InChI is InChI=1S/C10H12O.2C5H5.Zr/c1-4-9-7-8(2)5-6-10(9)11-3;2*1-2-4-5-3-1;/h5-6H,1,4H2,2-3H3;2*1-5H;/q-2;;;+2. The van der Waals surface area contributed by atoms with Crippen molar-refractivity contribution in [3.05, 3.63) is 100 Å². The minimum atomic E-state index is 0. The van der Waals surface area contributed by atoms with Gasteiger partial charge in [0, 0.05) is 5.75 Å². The third kappa shape index (κ3) is 9.83. The van der Waals surface area contributed by atoms with Crippen molar-refractivity contribution < 1.29 is 30.9 Å². The molecule has 2 heteroatoms. The van der Waals surface area contributed by atoms with E-state index in [4.69, 9.17) is 4.74 Å². The average Bonchev–Trinajstić information content (AvgIpc) is 3.24. The zero-order valence-electron chi connectivity index (χ0n) is 13.3. The van der Waals surface area contributed by atoms with Gasteiger partial charge in [-0.1, -0.05) is 6.92 Å². The Balaban J connectivity index is 0.000000334. The van der Waals surface area contributed by atoms with Gasteiger partial charge in [-0.2, -0.15) is 29.7 Å². The Morgan fingerprint density at radius 3 is 1.59 bits per heavy atom. The van der Waals surface area contributed by atoms with Crippen LogP contribution in [0.5, 0.6) is 5.75 Å². The molecule has 2 aliphatic carbocycles. The molecule has 1 aromatic carbocycles. The van der Waals surface area contributed by atoms with Gasteiger partial charge in [0.25, 0.3) is 0 Å². The molecule has 0 atom stereocenters. The van der Waals surface area contributed by atoms with Crippen molar-refractivity contribution in [3.63, 3.8) is 0 Å². The summed E-state index contributed by atoms with van der Waals surface area (Å²) in [4.78, 5) is 0. The molecule has 1 nitrogen and oxygen atoms in total. The van der Waals surface area contributed by atoms with Crippen LogP contribution in [0, 0.1) is 84.1 Å². The van der Waals surface area contributed by atoms with Gasteiger partial charge in [0.05, 0.1) is 7.11 Å². The molecular formula is C20H22OZr. The maximum absolute atomic E-state index is 5.12. The number of ether oxygens (including phenoxy) is 1. The molecular weight excluding hydrogens is 347 g/mol. The summed E-state index contributed by atoms with van der Waals surface area (Å²) < 4.78 is 5.12. The largest absolute Gasteiger partial charge is 2.00 e. The van der Waals surface area contributed by atoms with Crippen LogP contribution in [0.4, 0.5) is 0 Å². The molecule has 10 radical (unpaired) electrons. The van der Waals surface area contributed by atoms with E-state index in [0.717, 1.165) is 23.3 Å². The molecule has 2 saturated carbocycles. The Hall–Kier alpha value is -0.0969. The van der Waals surface area contributed by atoms with Crippen LogP contribution >= 0.6 is 0 Å². The topological polar surface area (TPSA) is 9.23 Å². The van der Waals surface area contributed by atoms with Crippen molar-refractivity contribution in [2.24, 2.45) is 0 Å². The normalized spacial score (nSPS) is 15.8. The predicted octanol–water partition coefficient (Wildman–Crippen LogP) is 4.22. The van der Waals surface area contributed by atoms with Gasteiger partial charge in [0.2, 0.25) is 0 Å². The van der Waals surface area contributed by atoms with Crippen LogP contribution in [0.3, 0.4) is 0 Å². The molecule has 0 aliphatic heterocycles. The predicted molar refractivity (Wildman–Crippen MR) is 88.6 cm³/mol. The van der Waals surface area contributed by atoms with E-state index in [1.54, 1.807) is 7.11 Å². The molecule has 0 N–H and O–H groups in total. The van der Waals surface area contributed by atoms with E-state index < -0.39 is 0 Å². The number of methoxy groups -OCH3 is 1. The van der Waals surface area contributed by atoms with Crippen LogP contribution in [-0.4, -0.2) is 7.11 Å². The summed E-state index contributed by atoms with van der Waals surface area (Å²) in [5.74, 6) is 0.880. The smallest absolute Gasteiger partial charge is 0.554 e. The van der Waals surface area contributed by atoms with E-state index in [1.165, 1.54) is 0 Å². The van der Waals surface area contributed by atoms with Crippen LogP contribution in [0.1, 0.15) is 11.1 Å². The molecule has 1 aromatic rings. The van der Waals surface area contributed by atoms with Gasteiger partial charge in [-0.3, -0.25) is 0 Å². The van der Waals surface area contributed by atoms with Crippen LogP contribution in [0.25, 0.3) is 0 Å². The molecule has 0 saturated heterocycles. The number of rotatable bonds is 2. The van der Waals surface area contributed by atoms with Gasteiger partial charge in [0.1, 0.15) is 0 Å². The fourth-order valence-electron chi connectivity index (χ4n) is 1.66. The third-order valence-electron chi connectivity index (χ3n) is 2.71. The number of hydrogen-bond donors (Lipinski definition) is 0. The second kappa shape index (κ2) is 14.5. The molecule has 2 fully saturated rings. The first kappa shape index (κ1) is 21.9. The first-order valence-corrected chi connectivity index (χ1v) is 6.96. The number of benzene rings is 1. The molecule has 0 bridgehead atoms. The van der Waals surface area contributed by atoms with E-state index in [0.29, 0.717) is 0 Å². The van der Waals surface area contributed by atoms with E-state index in [2.05, 4.69) is 13.0 Å². The average molecular weight is 370 g/mol. The van der Waals surface area contributed by atoms with E-state index in [9.17, 15) is 0 Å². The third-order valence-corrected chi connectivity index (χ3v) is 2.71. The van der Waals surface area contributed by atoms with Gasteiger partial charge in [-0.25, -0.2) is 0 Å². The molecule has 0 unspecified atom stereocenters. The Bertz CT molecular complexity index is 343. The maximum Gasteiger partial charge on any atom is 2.00 e. The zero-order valence-corrected chi connectivity index (χ0v) is 15.7. The fraction of sp³-hybridized carbons (Fsp3) is 0.150. The van der Waals surface area contributed by atoms with Crippen LogP contribution in [0.2, 0.25) is 0 Å². The minimum Gasteiger partial charge on any atom is -0.554 e. The Morgan fingerprint density at radius 2 is 1.27 bits per heavy atom. The summed E-state index contributed by atoms with van der Waals surface area (Å²) in [6.45, 7) is 5.81. The van der Waals surface area contributed by atoms with Gasteiger partial charge >= 0.3 is 26.2 Å². The van der Waals surface area contributed by atoms with Crippen LogP contribution in [-0.2, 0) is 32.6 Å². The van der Waals surface area contributed by atoms with E-state index >= 15 is 0 Å². The minimum absolute atomic E-state index is 0. The van der Waals surface area contributed by atoms with Gasteiger partial charge in [0.15, 0.2) is 0 Å². The summed E-state index contributed by atoms with van der Waals surface area (Å²) in [7, 11) is 1.66. The molecule has 0 amide bonds. The van der Waals surface area contributed by atoms with E-state index in [-0.39, 0.29) is 26.2 Å². The van der Waals surface area contributed by atoms with Gasteiger partial charge in [-0.05, 0) is 64.2 Å².